The molecule has 34 heavy (non-hydrogen) atoms. The zero-order valence-electron chi connectivity index (χ0n) is 23.0. The van der Waals surface area contributed by atoms with Gasteiger partial charge in [-0.25, -0.2) is 0 Å². The van der Waals surface area contributed by atoms with Gasteiger partial charge in [-0.1, -0.05) is 53.2 Å². The van der Waals surface area contributed by atoms with Crippen LogP contribution in [0.5, 0.6) is 0 Å². The van der Waals surface area contributed by atoms with E-state index in [2.05, 4.69) is 17.7 Å². The van der Waals surface area contributed by atoms with E-state index in [1.807, 2.05) is 48.5 Å². The van der Waals surface area contributed by atoms with Gasteiger partial charge < -0.3 is 24.4 Å². The van der Waals surface area contributed by atoms with Crippen molar-refractivity contribution in [1.29, 1.82) is 0 Å². The van der Waals surface area contributed by atoms with Gasteiger partial charge in [-0.3, -0.25) is 9.59 Å². The molecule has 9 atom stereocenters. The van der Waals surface area contributed by atoms with Crippen LogP contribution in [-0.4, -0.2) is 66.2 Å². The first-order valence-electron chi connectivity index (χ1n) is 12.4. The van der Waals surface area contributed by atoms with Crippen LogP contribution in [0.15, 0.2) is 11.6 Å². The van der Waals surface area contributed by atoms with Crippen molar-refractivity contribution < 1.29 is 34.0 Å². The number of esters is 1. The van der Waals surface area contributed by atoms with Gasteiger partial charge in [-0.05, 0) is 33.1 Å². The van der Waals surface area contributed by atoms with E-state index in [4.69, 9.17) is 9.47 Å². The second kappa shape index (κ2) is 12.1. The third kappa shape index (κ3) is 7.12. The fourth-order valence-corrected chi connectivity index (χ4v) is 5.66. The highest BCUT2D eigenvalue weighted by atomic mass is 16.6. The highest BCUT2D eigenvalue weighted by Crippen LogP contribution is 2.47. The minimum absolute atomic E-state index is 0.00755. The van der Waals surface area contributed by atoms with Crippen LogP contribution in [0.4, 0.5) is 0 Å². The van der Waals surface area contributed by atoms with Crippen LogP contribution in [0.1, 0.15) is 75.2 Å². The van der Waals surface area contributed by atoms with Crippen LogP contribution < -0.4 is 0 Å². The molecule has 0 bridgehead atoms. The smallest absolute Gasteiger partial charge is 0.308 e. The minimum atomic E-state index is -0.993. The molecule has 7 heteroatoms. The summed E-state index contributed by atoms with van der Waals surface area (Å²) in [5.41, 5.74) is -0.312. The van der Waals surface area contributed by atoms with Crippen molar-refractivity contribution >= 4 is 11.8 Å². The Balaban J connectivity index is 2.86. The maximum atomic E-state index is 13.5. The topological polar surface area (TPSA) is 106 Å². The summed E-state index contributed by atoms with van der Waals surface area (Å²) < 4.78 is 16.3. The van der Waals surface area contributed by atoms with Gasteiger partial charge >= 0.3 is 5.97 Å². The first kappa shape index (κ1) is 30.8. The maximum Gasteiger partial charge on any atom is 0.308 e. The Morgan fingerprint density at radius 1 is 1.12 bits per heavy atom. The Morgan fingerprint density at radius 3 is 2.15 bits per heavy atom. The average molecular weight is 485 g/mol. The number of allylic oxidation sites excluding steroid dienone is 1. The summed E-state index contributed by atoms with van der Waals surface area (Å²) in [5.74, 6) is -1.26. The molecular formula is C27H48O7. The molecule has 0 spiro atoms. The van der Waals surface area contributed by atoms with Gasteiger partial charge in [0, 0.05) is 24.9 Å². The molecule has 7 nitrogen and oxygen atoms in total. The van der Waals surface area contributed by atoms with Crippen molar-refractivity contribution in [3.05, 3.63) is 11.6 Å². The van der Waals surface area contributed by atoms with Gasteiger partial charge in [0.2, 0.25) is 0 Å². The molecule has 0 amide bonds. The van der Waals surface area contributed by atoms with Crippen LogP contribution in [0.3, 0.4) is 0 Å². The van der Waals surface area contributed by atoms with Gasteiger partial charge in [0.25, 0.3) is 0 Å². The van der Waals surface area contributed by atoms with Gasteiger partial charge in [-0.2, -0.15) is 0 Å². The summed E-state index contributed by atoms with van der Waals surface area (Å²) in [5, 5.41) is 21.6. The van der Waals surface area contributed by atoms with Gasteiger partial charge in [-0.15, -0.1) is 0 Å². The molecular weight excluding hydrogens is 436 g/mol. The Hall–Kier alpha value is -1.28. The third-order valence-electron chi connectivity index (χ3n) is 7.55. The molecule has 0 aromatic carbocycles. The number of Topliss-reactive ketones (excluding diaryl/α,β-unsaturated/α-hetero) is 1. The molecule has 1 rings (SSSR count). The fourth-order valence-electron chi connectivity index (χ4n) is 5.66. The molecule has 0 radical (unpaired) electrons. The van der Waals surface area contributed by atoms with Crippen LogP contribution in [-0.2, 0) is 23.8 Å². The molecule has 1 heterocycles. The SMILES string of the molecule is COC(=O)C[C@@H](O)[C@@H](C)[C@@H](OC)C(C)(C)C(=O)[C@H](C)C[C@H](C)[C@H](O)[C@]1(C)O[C@H]1[C@@H](C)C=C(C)C. The van der Waals surface area contributed by atoms with Crippen molar-refractivity contribution in [2.24, 2.45) is 29.1 Å². The summed E-state index contributed by atoms with van der Waals surface area (Å²) >= 11 is 0. The van der Waals surface area contributed by atoms with E-state index in [1.54, 1.807) is 6.92 Å². The predicted molar refractivity (Wildman–Crippen MR) is 132 cm³/mol. The number of methoxy groups -OCH3 is 2. The monoisotopic (exact) mass is 484 g/mol. The van der Waals surface area contributed by atoms with E-state index < -0.39 is 41.2 Å². The van der Waals surface area contributed by atoms with E-state index >= 15 is 0 Å². The van der Waals surface area contributed by atoms with Gasteiger partial charge in [0.15, 0.2) is 0 Å². The van der Waals surface area contributed by atoms with Crippen LogP contribution in [0.25, 0.3) is 0 Å². The average Bonchev–Trinajstić information content (AvgIpc) is 3.44. The fraction of sp³-hybridized carbons (Fsp3) is 0.852. The summed E-state index contributed by atoms with van der Waals surface area (Å²) in [6.45, 7) is 17.3. The van der Waals surface area contributed by atoms with Crippen molar-refractivity contribution in [2.45, 2.75) is 105 Å². The number of carbonyl (C=O) groups is 2. The largest absolute Gasteiger partial charge is 0.469 e. The number of ketones is 1. The Bertz CT molecular complexity index is 726. The molecule has 1 aliphatic heterocycles. The predicted octanol–water partition coefficient (Wildman–Crippen LogP) is 3.94. The molecule has 1 saturated heterocycles. The van der Waals surface area contributed by atoms with Crippen molar-refractivity contribution in [3.63, 3.8) is 0 Å². The molecule has 1 aliphatic rings. The van der Waals surface area contributed by atoms with E-state index in [-0.39, 0.29) is 36.1 Å². The van der Waals surface area contributed by atoms with E-state index in [0.717, 1.165) is 0 Å². The number of ether oxygens (including phenoxy) is 3. The lowest BCUT2D eigenvalue weighted by Crippen LogP contribution is -2.48. The lowest BCUT2D eigenvalue weighted by molar-refractivity contribution is -0.149. The molecule has 0 aromatic rings. The first-order chi connectivity index (χ1) is 15.5. The molecule has 0 aromatic heterocycles. The second-order valence-corrected chi connectivity index (χ2v) is 11.3. The lowest BCUT2D eigenvalue weighted by atomic mass is 9.70. The number of hydrogen-bond donors (Lipinski definition) is 2. The number of carbonyl (C=O) groups excluding carboxylic acids is 2. The van der Waals surface area contributed by atoms with Crippen LogP contribution in [0.2, 0.25) is 0 Å². The lowest BCUT2D eigenvalue weighted by Gasteiger charge is -2.39. The molecule has 0 aliphatic carbocycles. The number of rotatable bonds is 14. The van der Waals surface area contributed by atoms with Crippen molar-refractivity contribution in [2.75, 3.05) is 14.2 Å². The Morgan fingerprint density at radius 2 is 1.68 bits per heavy atom. The Labute approximate surface area is 206 Å². The zero-order valence-corrected chi connectivity index (χ0v) is 23.0. The Kier molecular flexibility index (Phi) is 11.0. The summed E-state index contributed by atoms with van der Waals surface area (Å²) in [4.78, 5) is 25.1. The minimum Gasteiger partial charge on any atom is -0.469 e. The normalized spacial score (nSPS) is 26.4. The maximum absolute atomic E-state index is 13.5. The second-order valence-electron chi connectivity index (χ2n) is 11.3. The number of aliphatic hydroxyl groups excluding tert-OH is 2. The molecule has 1 fully saturated rings. The van der Waals surface area contributed by atoms with Gasteiger partial charge in [0.1, 0.15) is 11.4 Å². The number of epoxide rings is 1. The van der Waals surface area contributed by atoms with E-state index in [9.17, 15) is 19.8 Å². The van der Waals surface area contributed by atoms with E-state index in [0.29, 0.717) is 6.42 Å². The third-order valence-corrected chi connectivity index (χ3v) is 7.55. The highest BCUT2D eigenvalue weighted by Gasteiger charge is 2.60. The van der Waals surface area contributed by atoms with Crippen LogP contribution >= 0.6 is 0 Å². The summed E-state index contributed by atoms with van der Waals surface area (Å²) in [7, 11) is 2.78. The quantitative estimate of drug-likeness (QED) is 0.218. The molecule has 198 valence electrons. The van der Waals surface area contributed by atoms with E-state index in [1.165, 1.54) is 19.8 Å². The van der Waals surface area contributed by atoms with Gasteiger partial charge in [0.05, 0.1) is 43.4 Å². The van der Waals surface area contributed by atoms with Crippen molar-refractivity contribution in [3.8, 4) is 0 Å². The summed E-state index contributed by atoms with van der Waals surface area (Å²) in [6, 6.07) is 0. The number of aliphatic hydroxyl groups is 2. The summed E-state index contributed by atoms with van der Waals surface area (Å²) in [6.07, 6.45) is 0.170. The highest BCUT2D eigenvalue weighted by molar-refractivity contribution is 5.86. The molecule has 0 saturated carbocycles. The van der Waals surface area contributed by atoms with Crippen LogP contribution in [0, 0.1) is 29.1 Å². The first-order valence-corrected chi connectivity index (χ1v) is 12.4. The number of hydrogen-bond acceptors (Lipinski definition) is 7. The molecule has 0 unspecified atom stereocenters. The van der Waals surface area contributed by atoms with Crippen molar-refractivity contribution in [1.82, 2.24) is 0 Å². The zero-order chi connectivity index (χ0) is 26.6. The molecule has 2 N–H and O–H groups in total. The standard InChI is InChI=1S/C27H48O7/c1-15(2)12-18(5)24-27(9,34-24)23(31)17(4)13-16(3)22(30)26(7,8)25(33-11)19(6)20(28)14-21(29)32-10/h12,16-20,23-25,28,31H,13-14H2,1-11H3/t16-,17+,18+,19-,20-,23+,24+,25-,27+/m1/s1.